The van der Waals surface area contributed by atoms with E-state index in [2.05, 4.69) is 21.5 Å². The summed E-state index contributed by atoms with van der Waals surface area (Å²) in [5.41, 5.74) is 5.33. The third-order valence-corrected chi connectivity index (χ3v) is 5.49. The summed E-state index contributed by atoms with van der Waals surface area (Å²) < 4.78 is 17.7. The number of hydrogen-bond donors (Lipinski definition) is 1. The molecule has 168 valence electrons. The zero-order valence-electron chi connectivity index (χ0n) is 18.6. The van der Waals surface area contributed by atoms with Gasteiger partial charge < -0.3 is 5.32 Å². The van der Waals surface area contributed by atoms with E-state index >= 15 is 0 Å². The first-order chi connectivity index (χ1) is 16.5. The van der Waals surface area contributed by atoms with E-state index in [0.717, 1.165) is 22.4 Å². The van der Waals surface area contributed by atoms with Gasteiger partial charge in [0.05, 0.1) is 11.3 Å². The number of nitrogens with zero attached hydrogens (tertiary/aromatic N) is 5. The molecule has 7 nitrogen and oxygen atoms in total. The number of para-hydroxylation sites is 1. The maximum Gasteiger partial charge on any atom is 0.259 e. The average molecular weight is 452 g/mol. The minimum Gasteiger partial charge on any atom is -0.322 e. The van der Waals surface area contributed by atoms with Crippen molar-refractivity contribution in [2.24, 2.45) is 0 Å². The largest absolute Gasteiger partial charge is 0.322 e. The van der Waals surface area contributed by atoms with Gasteiger partial charge in [-0.2, -0.15) is 10.2 Å². The Balaban J connectivity index is 1.52. The van der Waals surface area contributed by atoms with Crippen LogP contribution in [0.3, 0.4) is 0 Å². The maximum absolute atomic E-state index is 14.7. The van der Waals surface area contributed by atoms with E-state index in [1.165, 1.54) is 29.5 Å². The first-order valence-electron chi connectivity index (χ1n) is 10.7. The van der Waals surface area contributed by atoms with Crippen molar-refractivity contribution in [1.82, 2.24) is 24.5 Å². The van der Waals surface area contributed by atoms with E-state index in [4.69, 9.17) is 5.10 Å². The second-order valence-electron chi connectivity index (χ2n) is 7.95. The molecule has 5 rings (SSSR count). The molecule has 0 aliphatic rings. The zero-order valence-corrected chi connectivity index (χ0v) is 18.6. The molecule has 0 aliphatic carbocycles. The molecule has 3 aromatic carbocycles. The lowest BCUT2D eigenvalue weighted by molar-refractivity contribution is 0.102. The van der Waals surface area contributed by atoms with Crippen LogP contribution >= 0.6 is 0 Å². The van der Waals surface area contributed by atoms with Crippen molar-refractivity contribution >= 4 is 11.6 Å². The Labute approximate surface area is 195 Å². The second kappa shape index (κ2) is 8.74. The molecule has 2 aromatic heterocycles. The quantitative estimate of drug-likeness (QED) is 0.401. The lowest BCUT2D eigenvalue weighted by Gasteiger charge is -2.09. The Kier molecular flexibility index (Phi) is 5.47. The van der Waals surface area contributed by atoms with Gasteiger partial charge >= 0.3 is 0 Å². The number of aromatic nitrogens is 5. The van der Waals surface area contributed by atoms with Crippen LogP contribution in [-0.4, -0.2) is 30.5 Å². The van der Waals surface area contributed by atoms with Gasteiger partial charge in [-0.1, -0.05) is 42.0 Å². The van der Waals surface area contributed by atoms with Gasteiger partial charge in [0.2, 0.25) is 0 Å². The molecule has 1 amide bonds. The number of nitrogens with one attached hydrogen (secondary N) is 1. The molecule has 0 radical (unpaired) electrons. The Morgan fingerprint density at radius 1 is 0.971 bits per heavy atom. The van der Waals surface area contributed by atoms with Crippen LogP contribution in [0.5, 0.6) is 0 Å². The van der Waals surface area contributed by atoms with Crippen LogP contribution in [0.2, 0.25) is 0 Å². The maximum atomic E-state index is 14.7. The number of benzene rings is 3. The van der Waals surface area contributed by atoms with Crippen molar-refractivity contribution in [3.8, 4) is 22.6 Å². The lowest BCUT2D eigenvalue weighted by atomic mass is 10.0. The zero-order chi connectivity index (χ0) is 23.7. The van der Waals surface area contributed by atoms with Gasteiger partial charge in [-0.15, -0.1) is 0 Å². The van der Waals surface area contributed by atoms with Crippen molar-refractivity contribution in [3.05, 3.63) is 108 Å². The third kappa shape index (κ3) is 4.09. The highest BCUT2D eigenvalue weighted by atomic mass is 19.1. The van der Waals surface area contributed by atoms with Gasteiger partial charge in [0.1, 0.15) is 24.0 Å². The summed E-state index contributed by atoms with van der Waals surface area (Å²) in [4.78, 5) is 17.2. The molecule has 0 bridgehead atoms. The molecule has 8 heteroatoms. The average Bonchev–Trinajstić information content (AvgIpc) is 3.50. The highest BCUT2D eigenvalue weighted by Crippen LogP contribution is 2.28. The first kappa shape index (κ1) is 21.3. The highest BCUT2D eigenvalue weighted by molar-refractivity contribution is 6.08. The molecule has 0 saturated heterocycles. The molecule has 1 N–H and O–H groups in total. The molecule has 0 spiro atoms. The van der Waals surface area contributed by atoms with Crippen LogP contribution < -0.4 is 5.32 Å². The lowest BCUT2D eigenvalue weighted by Crippen LogP contribution is -2.13. The van der Waals surface area contributed by atoms with Crippen LogP contribution in [0.4, 0.5) is 10.1 Å². The molecule has 0 fully saturated rings. The highest BCUT2D eigenvalue weighted by Gasteiger charge is 2.21. The van der Waals surface area contributed by atoms with Crippen LogP contribution in [-0.2, 0) is 0 Å². The standard InChI is InChI=1S/C26H21FN6O/c1-17-8-10-21(18(2)12-17)25-22(14-32(31-25)20-6-4-3-5-7-20)26(34)30-19-9-11-24(23(27)13-19)33-16-28-15-29-33/h3-16H,1-2H3,(H,30,34). The fourth-order valence-corrected chi connectivity index (χ4v) is 3.83. The van der Waals surface area contributed by atoms with Crippen LogP contribution in [0.25, 0.3) is 22.6 Å². The van der Waals surface area contributed by atoms with Gasteiger partial charge in [-0.25, -0.2) is 18.7 Å². The van der Waals surface area contributed by atoms with Crippen molar-refractivity contribution in [1.29, 1.82) is 0 Å². The molecule has 0 aliphatic heterocycles. The number of halogens is 1. The summed E-state index contributed by atoms with van der Waals surface area (Å²) in [6.07, 6.45) is 4.43. The minimum absolute atomic E-state index is 0.239. The van der Waals surface area contributed by atoms with Crippen LogP contribution in [0.15, 0.2) is 85.6 Å². The van der Waals surface area contributed by atoms with Gasteiger partial charge in [-0.05, 0) is 49.7 Å². The first-order valence-corrected chi connectivity index (χ1v) is 10.7. The molecule has 5 aromatic rings. The molecule has 34 heavy (non-hydrogen) atoms. The van der Waals surface area contributed by atoms with Crippen molar-refractivity contribution < 1.29 is 9.18 Å². The fraction of sp³-hybridized carbons (Fsp3) is 0.0769. The number of amides is 1. The van der Waals surface area contributed by atoms with E-state index in [1.54, 1.807) is 16.9 Å². The van der Waals surface area contributed by atoms with Gasteiger partial charge in [0.25, 0.3) is 5.91 Å². The van der Waals surface area contributed by atoms with Gasteiger partial charge in [0, 0.05) is 17.4 Å². The Hall–Kier alpha value is -4.59. The summed E-state index contributed by atoms with van der Waals surface area (Å²) in [5.74, 6) is -0.914. The summed E-state index contributed by atoms with van der Waals surface area (Å²) >= 11 is 0. The number of rotatable bonds is 5. The summed E-state index contributed by atoms with van der Waals surface area (Å²) in [6.45, 7) is 4.01. The number of anilines is 1. The number of aryl methyl sites for hydroxylation is 2. The summed E-state index contributed by atoms with van der Waals surface area (Å²) in [7, 11) is 0. The summed E-state index contributed by atoms with van der Waals surface area (Å²) in [5, 5.41) is 11.5. The Morgan fingerprint density at radius 3 is 2.50 bits per heavy atom. The van der Waals surface area contributed by atoms with E-state index in [0.29, 0.717) is 16.9 Å². The van der Waals surface area contributed by atoms with E-state index in [9.17, 15) is 9.18 Å². The smallest absolute Gasteiger partial charge is 0.259 e. The Bertz CT molecular complexity index is 1470. The number of carbonyl (C=O) groups excluding carboxylic acids is 1. The van der Waals surface area contributed by atoms with Gasteiger partial charge in [-0.3, -0.25) is 4.79 Å². The normalized spacial score (nSPS) is 10.9. The van der Waals surface area contributed by atoms with Crippen LogP contribution in [0, 0.1) is 19.7 Å². The molecule has 0 saturated carbocycles. The number of carbonyl (C=O) groups is 1. The molecule has 0 atom stereocenters. The Morgan fingerprint density at radius 2 is 1.79 bits per heavy atom. The monoisotopic (exact) mass is 452 g/mol. The predicted octanol–water partition coefficient (Wildman–Crippen LogP) is 5.13. The molecular formula is C26H21FN6O. The fourth-order valence-electron chi connectivity index (χ4n) is 3.83. The van der Waals surface area contributed by atoms with Crippen LogP contribution in [0.1, 0.15) is 21.5 Å². The van der Waals surface area contributed by atoms with E-state index in [-0.39, 0.29) is 11.6 Å². The van der Waals surface area contributed by atoms with E-state index < -0.39 is 5.82 Å². The molecule has 0 unspecified atom stereocenters. The van der Waals surface area contributed by atoms with Gasteiger partial charge in [0.15, 0.2) is 5.82 Å². The second-order valence-corrected chi connectivity index (χ2v) is 7.95. The van der Waals surface area contributed by atoms with E-state index in [1.807, 2.05) is 56.3 Å². The van der Waals surface area contributed by atoms with Crippen molar-refractivity contribution in [3.63, 3.8) is 0 Å². The number of hydrogen-bond acceptors (Lipinski definition) is 4. The molecule has 2 heterocycles. The molecular weight excluding hydrogens is 431 g/mol. The topological polar surface area (TPSA) is 77.6 Å². The summed E-state index contributed by atoms with van der Waals surface area (Å²) in [6, 6.07) is 20.0. The van der Waals surface area contributed by atoms with Crippen molar-refractivity contribution in [2.75, 3.05) is 5.32 Å². The third-order valence-electron chi connectivity index (χ3n) is 5.49. The van der Waals surface area contributed by atoms with Crippen molar-refractivity contribution in [2.45, 2.75) is 13.8 Å². The SMILES string of the molecule is Cc1ccc(-c2nn(-c3ccccc3)cc2C(=O)Nc2ccc(-n3cncn3)c(F)c2)c(C)c1. The predicted molar refractivity (Wildman–Crippen MR) is 128 cm³/mol. The minimum atomic E-state index is -0.530.